The molecule has 0 spiro atoms. The van der Waals surface area contributed by atoms with Crippen molar-refractivity contribution in [2.45, 2.75) is 4.90 Å². The first-order valence-electron chi connectivity index (χ1n) is 4.12. The zero-order chi connectivity index (χ0) is 11.5. The lowest BCUT2D eigenvalue weighted by Crippen LogP contribution is -2.29. The van der Waals surface area contributed by atoms with Gasteiger partial charge in [-0.05, 0) is 18.2 Å². The van der Waals surface area contributed by atoms with Gasteiger partial charge in [-0.15, -0.1) is 12.4 Å². The molecule has 0 unspecified atom stereocenters. The molecule has 0 radical (unpaired) electrons. The minimum atomic E-state index is -3.83. The van der Waals surface area contributed by atoms with Crippen molar-refractivity contribution in [3.8, 4) is 0 Å². The third kappa shape index (κ3) is 3.88. The SMILES string of the molecule is Cl.NCCNS(=O)(=O)c1ccc(Cl)cc1F. The number of rotatable bonds is 4. The van der Waals surface area contributed by atoms with Crippen LogP contribution in [0.1, 0.15) is 0 Å². The van der Waals surface area contributed by atoms with Crippen molar-refractivity contribution in [2.75, 3.05) is 13.1 Å². The third-order valence-electron chi connectivity index (χ3n) is 1.62. The molecule has 1 rings (SSSR count). The summed E-state index contributed by atoms with van der Waals surface area (Å²) in [7, 11) is -3.83. The highest BCUT2D eigenvalue weighted by Gasteiger charge is 2.18. The summed E-state index contributed by atoms with van der Waals surface area (Å²) in [5.74, 6) is -0.882. The van der Waals surface area contributed by atoms with Gasteiger partial charge < -0.3 is 5.73 Å². The number of sulfonamides is 1. The van der Waals surface area contributed by atoms with Gasteiger partial charge in [0.2, 0.25) is 10.0 Å². The van der Waals surface area contributed by atoms with Gasteiger partial charge in [0.05, 0.1) is 0 Å². The lowest BCUT2D eigenvalue weighted by atomic mass is 10.3. The maximum absolute atomic E-state index is 13.2. The van der Waals surface area contributed by atoms with Crippen LogP contribution in [0, 0.1) is 5.82 Å². The highest BCUT2D eigenvalue weighted by Crippen LogP contribution is 2.18. The summed E-state index contributed by atoms with van der Waals surface area (Å²) < 4.78 is 38.3. The molecule has 0 saturated carbocycles. The predicted molar refractivity (Wildman–Crippen MR) is 62.9 cm³/mol. The average Bonchev–Trinajstić information content (AvgIpc) is 2.14. The molecule has 16 heavy (non-hydrogen) atoms. The molecule has 0 bridgehead atoms. The number of halogens is 3. The first-order chi connectivity index (χ1) is 6.97. The Morgan fingerprint density at radius 3 is 2.56 bits per heavy atom. The van der Waals surface area contributed by atoms with Crippen LogP contribution in [0.3, 0.4) is 0 Å². The Labute approximate surface area is 104 Å². The van der Waals surface area contributed by atoms with Crippen LogP contribution in [0.15, 0.2) is 23.1 Å². The smallest absolute Gasteiger partial charge is 0.243 e. The fraction of sp³-hybridized carbons (Fsp3) is 0.250. The van der Waals surface area contributed by atoms with Gasteiger partial charge in [-0.3, -0.25) is 0 Å². The van der Waals surface area contributed by atoms with Crippen molar-refractivity contribution < 1.29 is 12.8 Å². The van der Waals surface area contributed by atoms with Crippen LogP contribution in [0.2, 0.25) is 5.02 Å². The minimum absolute atomic E-state index is 0. The van der Waals surface area contributed by atoms with Gasteiger partial charge in [0, 0.05) is 18.1 Å². The van der Waals surface area contributed by atoms with Crippen molar-refractivity contribution in [1.82, 2.24) is 4.72 Å². The van der Waals surface area contributed by atoms with Gasteiger partial charge >= 0.3 is 0 Å². The van der Waals surface area contributed by atoms with Gasteiger partial charge in [0.1, 0.15) is 10.7 Å². The third-order valence-corrected chi connectivity index (χ3v) is 3.35. The molecule has 8 heteroatoms. The molecule has 0 amide bonds. The average molecular weight is 289 g/mol. The zero-order valence-corrected chi connectivity index (χ0v) is 10.5. The summed E-state index contributed by atoms with van der Waals surface area (Å²) in [4.78, 5) is -0.430. The molecule has 0 aliphatic heterocycles. The topological polar surface area (TPSA) is 72.2 Å². The predicted octanol–water partition coefficient (Wildman–Crippen LogP) is 1.14. The van der Waals surface area contributed by atoms with E-state index in [1.165, 1.54) is 6.07 Å². The maximum atomic E-state index is 13.2. The van der Waals surface area contributed by atoms with Gasteiger partial charge in [-0.1, -0.05) is 11.6 Å². The summed E-state index contributed by atoms with van der Waals surface area (Å²) in [5, 5.41) is 0.144. The van der Waals surface area contributed by atoms with Gasteiger partial charge in [-0.2, -0.15) is 0 Å². The Kier molecular flexibility index (Phi) is 6.20. The van der Waals surface area contributed by atoms with E-state index in [0.29, 0.717) is 0 Å². The second kappa shape index (κ2) is 6.36. The van der Waals surface area contributed by atoms with Crippen molar-refractivity contribution in [3.63, 3.8) is 0 Å². The summed E-state index contributed by atoms with van der Waals surface area (Å²) in [6.45, 7) is 0.207. The quantitative estimate of drug-likeness (QED) is 0.873. The van der Waals surface area contributed by atoms with Crippen molar-refractivity contribution in [3.05, 3.63) is 29.0 Å². The van der Waals surface area contributed by atoms with E-state index in [2.05, 4.69) is 4.72 Å². The Morgan fingerprint density at radius 2 is 2.06 bits per heavy atom. The van der Waals surface area contributed by atoms with Crippen LogP contribution in [-0.2, 0) is 10.0 Å². The molecule has 0 atom stereocenters. The second-order valence-corrected chi connectivity index (χ2v) is 4.93. The highest BCUT2D eigenvalue weighted by molar-refractivity contribution is 7.89. The molecule has 0 aliphatic rings. The molecule has 1 aromatic carbocycles. The fourth-order valence-electron chi connectivity index (χ4n) is 0.964. The molecule has 4 nitrogen and oxygen atoms in total. The van der Waals surface area contributed by atoms with Crippen LogP contribution in [0.5, 0.6) is 0 Å². The Hall–Kier alpha value is -0.400. The van der Waals surface area contributed by atoms with E-state index in [9.17, 15) is 12.8 Å². The van der Waals surface area contributed by atoms with Gasteiger partial charge in [-0.25, -0.2) is 17.5 Å². The number of hydrogen-bond acceptors (Lipinski definition) is 3. The van der Waals surface area contributed by atoms with Crippen molar-refractivity contribution in [2.24, 2.45) is 5.73 Å². The van der Waals surface area contributed by atoms with E-state index in [4.69, 9.17) is 17.3 Å². The Bertz CT molecular complexity index is 453. The first kappa shape index (κ1) is 15.6. The van der Waals surface area contributed by atoms with Crippen LogP contribution >= 0.6 is 24.0 Å². The number of benzene rings is 1. The van der Waals surface area contributed by atoms with Crippen molar-refractivity contribution >= 4 is 34.0 Å². The molecule has 1 aromatic rings. The molecule has 0 aliphatic carbocycles. The molecular weight excluding hydrogens is 278 g/mol. The standard InChI is InChI=1S/C8H10ClFN2O2S.ClH/c9-6-1-2-8(7(10)5-6)15(13,14)12-4-3-11;/h1-2,5,12H,3-4,11H2;1H. The van der Waals surface area contributed by atoms with Gasteiger partial charge in [0.15, 0.2) is 0 Å². The monoisotopic (exact) mass is 288 g/mol. The summed E-state index contributed by atoms with van der Waals surface area (Å²) in [5.41, 5.74) is 5.13. The highest BCUT2D eigenvalue weighted by atomic mass is 35.5. The number of nitrogens with two attached hydrogens (primary N) is 1. The summed E-state index contributed by atoms with van der Waals surface area (Å²) >= 11 is 5.50. The normalized spacial score (nSPS) is 10.9. The van der Waals surface area contributed by atoms with Crippen LogP contribution in [-0.4, -0.2) is 21.5 Å². The summed E-state index contributed by atoms with van der Waals surface area (Å²) in [6.07, 6.45) is 0. The fourth-order valence-corrected chi connectivity index (χ4v) is 2.23. The molecule has 0 aromatic heterocycles. The lowest BCUT2D eigenvalue weighted by Gasteiger charge is -2.06. The van der Waals surface area contributed by atoms with Crippen LogP contribution < -0.4 is 10.5 Å². The summed E-state index contributed by atoms with van der Waals surface area (Å²) in [6, 6.07) is 3.36. The zero-order valence-electron chi connectivity index (χ0n) is 8.11. The van der Waals surface area contributed by atoms with Crippen LogP contribution in [0.25, 0.3) is 0 Å². The largest absolute Gasteiger partial charge is 0.329 e. The molecule has 0 heterocycles. The maximum Gasteiger partial charge on any atom is 0.243 e. The van der Waals surface area contributed by atoms with Gasteiger partial charge in [0.25, 0.3) is 0 Å². The molecular formula is C8H11Cl2FN2O2S. The van der Waals surface area contributed by atoms with Crippen molar-refractivity contribution in [1.29, 1.82) is 0 Å². The van der Waals surface area contributed by atoms with Crippen LogP contribution in [0.4, 0.5) is 4.39 Å². The molecule has 0 saturated heterocycles. The molecule has 3 N–H and O–H groups in total. The number of hydrogen-bond donors (Lipinski definition) is 2. The van der Waals surface area contributed by atoms with E-state index >= 15 is 0 Å². The minimum Gasteiger partial charge on any atom is -0.329 e. The molecule has 0 fully saturated rings. The molecule has 92 valence electrons. The Balaban J connectivity index is 0.00000225. The van der Waals surface area contributed by atoms with E-state index in [1.54, 1.807) is 0 Å². The first-order valence-corrected chi connectivity index (χ1v) is 5.98. The lowest BCUT2D eigenvalue weighted by molar-refractivity contribution is 0.557. The second-order valence-electron chi connectivity index (χ2n) is 2.76. The van der Waals surface area contributed by atoms with E-state index in [0.717, 1.165) is 12.1 Å². The van der Waals surface area contributed by atoms with E-state index in [1.807, 2.05) is 0 Å². The van der Waals surface area contributed by atoms with E-state index in [-0.39, 0.29) is 30.5 Å². The Morgan fingerprint density at radius 1 is 1.44 bits per heavy atom. The number of nitrogens with one attached hydrogen (secondary N) is 1. The van der Waals surface area contributed by atoms with E-state index < -0.39 is 20.7 Å².